The first kappa shape index (κ1) is 13.2. The third-order valence-corrected chi connectivity index (χ3v) is 2.00. The quantitative estimate of drug-likeness (QED) is 0.610. The number of benzene rings is 1. The number of ether oxygens (including phenoxy) is 2. The molecule has 0 saturated heterocycles. The van der Waals surface area contributed by atoms with Crippen molar-refractivity contribution in [1.82, 2.24) is 5.32 Å². The molecule has 1 atom stereocenters. The molecule has 0 amide bonds. The fourth-order valence-electron chi connectivity index (χ4n) is 1.19. The highest BCUT2D eigenvalue weighted by Gasteiger charge is 2.22. The molecule has 0 spiro atoms. The van der Waals surface area contributed by atoms with Crippen molar-refractivity contribution in [2.24, 2.45) is 0 Å². The Hall–Kier alpha value is -1.88. The van der Waals surface area contributed by atoms with E-state index in [1.807, 2.05) is 0 Å². The Balaban J connectivity index is 2.63. The van der Waals surface area contributed by atoms with E-state index in [-0.39, 0.29) is 6.61 Å². The average molecular weight is 237 g/mol. The summed E-state index contributed by atoms with van der Waals surface area (Å²) in [5.74, 6) is -1.18. The highest BCUT2D eigenvalue weighted by atomic mass is 16.6. The summed E-state index contributed by atoms with van der Waals surface area (Å²) in [6, 6.07) is 8.45. The standard InChI is InChI=1S/C12H15NO4/c1-3-16-12(15)10(13-2)17-11(14)9-7-5-4-6-8-9/h4-8,10,13H,3H2,1-2H3. The minimum absolute atomic E-state index is 0.236. The second-order valence-corrected chi connectivity index (χ2v) is 3.19. The second-order valence-electron chi connectivity index (χ2n) is 3.19. The van der Waals surface area contributed by atoms with E-state index in [9.17, 15) is 9.59 Å². The van der Waals surface area contributed by atoms with E-state index in [1.54, 1.807) is 37.3 Å². The number of likely N-dealkylation sites (N-methyl/N-ethyl adjacent to an activating group) is 1. The summed E-state index contributed by atoms with van der Waals surface area (Å²) in [5.41, 5.74) is 0.386. The molecule has 0 bridgehead atoms. The lowest BCUT2D eigenvalue weighted by Gasteiger charge is -2.15. The lowest BCUT2D eigenvalue weighted by molar-refractivity contribution is -0.155. The van der Waals surface area contributed by atoms with Gasteiger partial charge in [0, 0.05) is 0 Å². The number of carbonyl (C=O) groups excluding carboxylic acids is 2. The van der Waals surface area contributed by atoms with Crippen molar-refractivity contribution < 1.29 is 19.1 Å². The highest BCUT2D eigenvalue weighted by molar-refractivity contribution is 5.91. The Kier molecular flexibility index (Phi) is 5.16. The van der Waals surface area contributed by atoms with E-state index in [0.29, 0.717) is 5.56 Å². The Labute approximate surface area is 99.7 Å². The topological polar surface area (TPSA) is 64.6 Å². The van der Waals surface area contributed by atoms with Gasteiger partial charge in [-0.1, -0.05) is 18.2 Å². The molecule has 1 aromatic rings. The Morgan fingerprint density at radius 2 is 1.94 bits per heavy atom. The van der Waals surface area contributed by atoms with Crippen molar-refractivity contribution in [3.8, 4) is 0 Å². The molecule has 0 saturated carbocycles. The third kappa shape index (κ3) is 3.88. The molecular formula is C12H15NO4. The molecule has 0 heterocycles. The fraction of sp³-hybridized carbons (Fsp3) is 0.333. The average Bonchev–Trinajstić information content (AvgIpc) is 2.37. The summed E-state index contributed by atoms with van der Waals surface area (Å²) in [5, 5.41) is 2.57. The van der Waals surface area contributed by atoms with Crippen LogP contribution in [0.15, 0.2) is 30.3 Å². The van der Waals surface area contributed by atoms with E-state index in [0.717, 1.165) is 0 Å². The summed E-state index contributed by atoms with van der Waals surface area (Å²) >= 11 is 0. The third-order valence-electron chi connectivity index (χ3n) is 2.00. The van der Waals surface area contributed by atoms with Crippen LogP contribution >= 0.6 is 0 Å². The van der Waals surface area contributed by atoms with Crippen molar-refractivity contribution in [2.75, 3.05) is 13.7 Å². The smallest absolute Gasteiger partial charge is 0.363 e. The molecule has 0 aromatic heterocycles. The van der Waals surface area contributed by atoms with Crippen LogP contribution in [0.25, 0.3) is 0 Å². The Morgan fingerprint density at radius 3 is 2.47 bits per heavy atom. The molecule has 1 aromatic carbocycles. The maximum absolute atomic E-state index is 11.7. The number of esters is 2. The van der Waals surface area contributed by atoms with Crippen LogP contribution in [-0.2, 0) is 14.3 Å². The lowest BCUT2D eigenvalue weighted by atomic mass is 10.2. The van der Waals surface area contributed by atoms with E-state index in [4.69, 9.17) is 9.47 Å². The van der Waals surface area contributed by atoms with Gasteiger partial charge >= 0.3 is 11.9 Å². The Morgan fingerprint density at radius 1 is 1.29 bits per heavy atom. The zero-order chi connectivity index (χ0) is 12.7. The number of hydrogen-bond acceptors (Lipinski definition) is 5. The summed E-state index contributed by atoms with van der Waals surface area (Å²) in [4.78, 5) is 23.0. The maximum Gasteiger partial charge on any atom is 0.363 e. The number of rotatable bonds is 5. The van der Waals surface area contributed by atoms with Crippen LogP contribution in [0.2, 0.25) is 0 Å². The molecule has 0 aliphatic rings. The van der Waals surface area contributed by atoms with Crippen LogP contribution in [0.1, 0.15) is 17.3 Å². The van der Waals surface area contributed by atoms with Gasteiger partial charge in [0.2, 0.25) is 0 Å². The zero-order valence-corrected chi connectivity index (χ0v) is 9.80. The molecule has 17 heavy (non-hydrogen) atoms. The normalized spacial score (nSPS) is 11.6. The largest absolute Gasteiger partial charge is 0.462 e. The van der Waals surface area contributed by atoms with E-state index >= 15 is 0 Å². The summed E-state index contributed by atoms with van der Waals surface area (Å²) < 4.78 is 9.73. The molecule has 0 fully saturated rings. The number of carbonyl (C=O) groups is 2. The minimum Gasteiger partial charge on any atom is -0.462 e. The Bertz CT molecular complexity index is 377. The molecule has 0 aliphatic heterocycles. The van der Waals surface area contributed by atoms with Gasteiger partial charge in [-0.2, -0.15) is 0 Å². The van der Waals surface area contributed by atoms with Gasteiger partial charge in [-0.25, -0.2) is 9.59 Å². The molecule has 0 aliphatic carbocycles. The van der Waals surface area contributed by atoms with E-state index in [1.165, 1.54) is 7.05 Å². The van der Waals surface area contributed by atoms with Crippen LogP contribution in [0.3, 0.4) is 0 Å². The molecule has 5 heteroatoms. The van der Waals surface area contributed by atoms with Gasteiger partial charge in [-0.15, -0.1) is 0 Å². The van der Waals surface area contributed by atoms with Crippen LogP contribution in [-0.4, -0.2) is 31.8 Å². The second kappa shape index (κ2) is 6.65. The highest BCUT2D eigenvalue weighted by Crippen LogP contribution is 2.03. The van der Waals surface area contributed by atoms with Crippen molar-refractivity contribution >= 4 is 11.9 Å². The molecule has 1 unspecified atom stereocenters. The van der Waals surface area contributed by atoms with Crippen molar-refractivity contribution in [3.63, 3.8) is 0 Å². The monoisotopic (exact) mass is 237 g/mol. The molecule has 1 rings (SSSR count). The number of hydrogen-bond donors (Lipinski definition) is 1. The van der Waals surface area contributed by atoms with Crippen LogP contribution in [0, 0.1) is 0 Å². The zero-order valence-electron chi connectivity index (χ0n) is 9.80. The van der Waals surface area contributed by atoms with Gasteiger partial charge in [0.1, 0.15) is 0 Å². The van der Waals surface area contributed by atoms with Gasteiger partial charge in [-0.05, 0) is 26.1 Å². The summed E-state index contributed by atoms with van der Waals surface area (Å²) in [6.45, 7) is 1.92. The lowest BCUT2D eigenvalue weighted by Crippen LogP contribution is -2.39. The molecular weight excluding hydrogens is 222 g/mol. The van der Waals surface area contributed by atoms with Gasteiger partial charge in [-0.3, -0.25) is 5.32 Å². The molecule has 1 N–H and O–H groups in total. The fourth-order valence-corrected chi connectivity index (χ4v) is 1.19. The van der Waals surface area contributed by atoms with Crippen LogP contribution < -0.4 is 5.32 Å². The van der Waals surface area contributed by atoms with Gasteiger partial charge in [0.05, 0.1) is 12.2 Å². The first-order chi connectivity index (χ1) is 8.19. The SMILES string of the molecule is CCOC(=O)C(NC)OC(=O)c1ccccc1. The predicted octanol–water partition coefficient (Wildman–Crippen LogP) is 0.952. The first-order valence-electron chi connectivity index (χ1n) is 5.29. The van der Waals surface area contributed by atoms with Crippen molar-refractivity contribution in [3.05, 3.63) is 35.9 Å². The van der Waals surface area contributed by atoms with Crippen LogP contribution in [0.4, 0.5) is 0 Å². The van der Waals surface area contributed by atoms with Gasteiger partial charge in [0.15, 0.2) is 0 Å². The molecule has 0 radical (unpaired) electrons. The molecule has 5 nitrogen and oxygen atoms in total. The van der Waals surface area contributed by atoms with Crippen molar-refractivity contribution in [1.29, 1.82) is 0 Å². The van der Waals surface area contributed by atoms with Gasteiger partial charge in [0.25, 0.3) is 6.23 Å². The molecule has 92 valence electrons. The van der Waals surface area contributed by atoms with Gasteiger partial charge < -0.3 is 9.47 Å². The maximum atomic E-state index is 11.7. The van der Waals surface area contributed by atoms with Crippen molar-refractivity contribution in [2.45, 2.75) is 13.2 Å². The van der Waals surface area contributed by atoms with E-state index in [2.05, 4.69) is 5.32 Å². The minimum atomic E-state index is -1.08. The first-order valence-corrected chi connectivity index (χ1v) is 5.29. The summed E-state index contributed by atoms with van der Waals surface area (Å²) in [6.07, 6.45) is -1.08. The number of nitrogens with one attached hydrogen (secondary N) is 1. The van der Waals surface area contributed by atoms with E-state index < -0.39 is 18.2 Å². The summed E-state index contributed by atoms with van der Waals surface area (Å²) in [7, 11) is 1.51. The van der Waals surface area contributed by atoms with Crippen LogP contribution in [0.5, 0.6) is 0 Å². The predicted molar refractivity (Wildman–Crippen MR) is 61.3 cm³/mol.